The van der Waals surface area contributed by atoms with Crippen LogP contribution in [0, 0.1) is 12.7 Å². The fraction of sp³-hybridized carbons (Fsp3) is 0.278. The van der Waals surface area contributed by atoms with Gasteiger partial charge in [-0.05, 0) is 61.2 Å². The van der Waals surface area contributed by atoms with Crippen molar-refractivity contribution in [3.05, 3.63) is 63.9 Å². The number of rotatable bonds is 5. The zero-order valence-electron chi connectivity index (χ0n) is 13.1. The van der Waals surface area contributed by atoms with Crippen LogP contribution in [-0.2, 0) is 6.42 Å². The predicted molar refractivity (Wildman–Crippen MR) is 91.9 cm³/mol. The van der Waals surface area contributed by atoms with Crippen molar-refractivity contribution in [3.63, 3.8) is 0 Å². The van der Waals surface area contributed by atoms with Gasteiger partial charge < -0.3 is 4.90 Å². The molecular weight excluding hydrogens is 299 g/mol. The van der Waals surface area contributed by atoms with Crippen LogP contribution in [0.15, 0.2) is 41.4 Å². The van der Waals surface area contributed by atoms with Crippen LogP contribution in [0.1, 0.15) is 23.6 Å². The Morgan fingerprint density at radius 3 is 2.55 bits per heavy atom. The van der Waals surface area contributed by atoms with Crippen LogP contribution in [0.25, 0.3) is 0 Å². The molecule has 0 saturated carbocycles. The van der Waals surface area contributed by atoms with E-state index in [1.54, 1.807) is 18.5 Å². The number of hydrogen-bond donors (Lipinski definition) is 0. The van der Waals surface area contributed by atoms with Gasteiger partial charge in [-0.25, -0.2) is 9.38 Å². The highest BCUT2D eigenvalue weighted by Crippen LogP contribution is 2.29. The summed E-state index contributed by atoms with van der Waals surface area (Å²) in [5.41, 5.74) is 4.07. The van der Waals surface area contributed by atoms with Gasteiger partial charge in [0, 0.05) is 13.6 Å². The Morgan fingerprint density at radius 2 is 1.91 bits per heavy atom. The zero-order valence-corrected chi connectivity index (χ0v) is 13.9. The molecule has 0 unspecified atom stereocenters. The third-order valence-corrected chi connectivity index (χ3v) is 3.91. The molecule has 0 aliphatic heterocycles. The highest BCUT2D eigenvalue weighted by molar-refractivity contribution is 6.33. The minimum atomic E-state index is -0.219. The van der Waals surface area contributed by atoms with Gasteiger partial charge in [0.25, 0.3) is 0 Å². The fourth-order valence-corrected chi connectivity index (χ4v) is 2.30. The van der Waals surface area contributed by atoms with Crippen molar-refractivity contribution >= 4 is 23.6 Å². The molecule has 4 heteroatoms. The van der Waals surface area contributed by atoms with Gasteiger partial charge >= 0.3 is 0 Å². The van der Waals surface area contributed by atoms with Gasteiger partial charge in [-0.2, -0.15) is 0 Å². The Bertz CT molecular complexity index is 666. The minimum absolute atomic E-state index is 0.219. The molecule has 0 spiro atoms. The second kappa shape index (κ2) is 7.41. The third kappa shape index (κ3) is 4.31. The predicted octanol–water partition coefficient (Wildman–Crippen LogP) is 4.99. The van der Waals surface area contributed by atoms with Gasteiger partial charge in [-0.1, -0.05) is 23.7 Å². The maximum absolute atomic E-state index is 13.0. The molecule has 0 N–H and O–H groups in total. The molecule has 0 radical (unpaired) electrons. The standard InChI is InChI=1S/C18H20ClFN2/c1-4-22(3)12-21-18-9-13(2)15(11-17(18)19)10-14-5-7-16(20)8-6-14/h5-9,11-12H,4,10H2,1-3H3/b21-12-. The number of benzene rings is 2. The van der Waals surface area contributed by atoms with Crippen molar-refractivity contribution in [2.45, 2.75) is 20.3 Å². The lowest BCUT2D eigenvalue weighted by Crippen LogP contribution is -2.14. The van der Waals surface area contributed by atoms with Crippen molar-refractivity contribution in [2.24, 2.45) is 4.99 Å². The first-order valence-electron chi connectivity index (χ1n) is 7.27. The fourth-order valence-electron chi connectivity index (χ4n) is 2.06. The van der Waals surface area contributed by atoms with E-state index in [4.69, 9.17) is 11.6 Å². The normalized spacial score (nSPS) is 11.1. The van der Waals surface area contributed by atoms with Crippen LogP contribution < -0.4 is 0 Å². The van der Waals surface area contributed by atoms with E-state index in [1.807, 2.05) is 31.0 Å². The van der Waals surface area contributed by atoms with Crippen LogP contribution >= 0.6 is 11.6 Å². The van der Waals surface area contributed by atoms with E-state index in [1.165, 1.54) is 12.1 Å². The first kappa shape index (κ1) is 16.5. The number of aryl methyl sites for hydroxylation is 1. The van der Waals surface area contributed by atoms with E-state index in [-0.39, 0.29) is 5.82 Å². The van der Waals surface area contributed by atoms with Gasteiger partial charge in [0.05, 0.1) is 17.0 Å². The van der Waals surface area contributed by atoms with Crippen molar-refractivity contribution in [3.8, 4) is 0 Å². The van der Waals surface area contributed by atoms with E-state index >= 15 is 0 Å². The summed E-state index contributed by atoms with van der Waals surface area (Å²) in [7, 11) is 1.97. The first-order chi connectivity index (χ1) is 10.5. The van der Waals surface area contributed by atoms with Crippen LogP contribution in [0.4, 0.5) is 10.1 Å². The second-order valence-electron chi connectivity index (χ2n) is 5.35. The molecule has 0 bridgehead atoms. The quantitative estimate of drug-likeness (QED) is 0.560. The van der Waals surface area contributed by atoms with E-state index in [2.05, 4.69) is 11.9 Å². The number of aliphatic imine (C=N–C) groups is 1. The molecule has 2 aromatic carbocycles. The number of halogens is 2. The van der Waals surface area contributed by atoms with Crippen molar-refractivity contribution < 1.29 is 4.39 Å². The Balaban J connectivity index is 2.22. The molecule has 0 aliphatic rings. The van der Waals surface area contributed by atoms with Crippen LogP contribution in [-0.4, -0.2) is 24.8 Å². The molecule has 0 amide bonds. The Kier molecular flexibility index (Phi) is 5.56. The second-order valence-corrected chi connectivity index (χ2v) is 5.76. The molecule has 22 heavy (non-hydrogen) atoms. The highest BCUT2D eigenvalue weighted by Gasteiger charge is 2.06. The maximum atomic E-state index is 13.0. The molecule has 2 aromatic rings. The van der Waals surface area contributed by atoms with Crippen molar-refractivity contribution in [2.75, 3.05) is 13.6 Å². The third-order valence-electron chi connectivity index (χ3n) is 3.61. The summed E-state index contributed by atoms with van der Waals surface area (Å²) in [5, 5.41) is 0.628. The molecule has 0 saturated heterocycles. The lowest BCUT2D eigenvalue weighted by molar-refractivity contribution is 0.552. The largest absolute Gasteiger partial charge is 0.366 e. The summed E-state index contributed by atoms with van der Waals surface area (Å²) < 4.78 is 13.0. The minimum Gasteiger partial charge on any atom is -0.366 e. The van der Waals surface area contributed by atoms with Crippen molar-refractivity contribution in [1.29, 1.82) is 0 Å². The Morgan fingerprint density at radius 1 is 1.23 bits per heavy atom. The summed E-state index contributed by atoms with van der Waals surface area (Å²) in [4.78, 5) is 6.40. The van der Waals surface area contributed by atoms with E-state index in [9.17, 15) is 4.39 Å². The Labute approximate surface area is 136 Å². The average molecular weight is 319 g/mol. The van der Waals surface area contributed by atoms with Crippen molar-refractivity contribution in [1.82, 2.24) is 4.90 Å². The van der Waals surface area contributed by atoms with Gasteiger partial charge in [-0.3, -0.25) is 0 Å². The van der Waals surface area contributed by atoms with Gasteiger partial charge in [0.1, 0.15) is 5.82 Å². The smallest absolute Gasteiger partial charge is 0.123 e. The van der Waals surface area contributed by atoms with Gasteiger partial charge in [0.2, 0.25) is 0 Å². The zero-order chi connectivity index (χ0) is 16.1. The maximum Gasteiger partial charge on any atom is 0.123 e. The molecule has 0 heterocycles. The molecular formula is C18H20ClFN2. The molecule has 116 valence electrons. The average Bonchev–Trinajstić information content (AvgIpc) is 2.51. The topological polar surface area (TPSA) is 15.6 Å². The summed E-state index contributed by atoms with van der Waals surface area (Å²) in [5.74, 6) is -0.219. The lowest BCUT2D eigenvalue weighted by atomic mass is 10.00. The summed E-state index contributed by atoms with van der Waals surface area (Å²) >= 11 is 6.33. The molecule has 2 rings (SSSR count). The van der Waals surface area contributed by atoms with E-state index in [0.29, 0.717) is 5.02 Å². The molecule has 0 fully saturated rings. The summed E-state index contributed by atoms with van der Waals surface area (Å²) in [6, 6.07) is 10.5. The van der Waals surface area contributed by atoms with Crippen LogP contribution in [0.2, 0.25) is 5.02 Å². The molecule has 0 atom stereocenters. The van der Waals surface area contributed by atoms with Crippen LogP contribution in [0.3, 0.4) is 0 Å². The first-order valence-corrected chi connectivity index (χ1v) is 7.65. The summed E-state index contributed by atoms with van der Waals surface area (Å²) in [6.07, 6.45) is 2.50. The monoisotopic (exact) mass is 318 g/mol. The van der Waals surface area contributed by atoms with Gasteiger partial charge in [-0.15, -0.1) is 0 Å². The SMILES string of the molecule is CCN(C)/C=N\c1cc(C)c(Cc2ccc(F)cc2)cc1Cl. The van der Waals surface area contributed by atoms with E-state index in [0.717, 1.165) is 35.3 Å². The van der Waals surface area contributed by atoms with Crippen LogP contribution in [0.5, 0.6) is 0 Å². The van der Waals surface area contributed by atoms with Gasteiger partial charge in [0.15, 0.2) is 0 Å². The highest BCUT2D eigenvalue weighted by atomic mass is 35.5. The molecule has 0 aromatic heterocycles. The molecule has 2 nitrogen and oxygen atoms in total. The number of nitrogens with zero attached hydrogens (tertiary/aromatic N) is 2. The summed E-state index contributed by atoms with van der Waals surface area (Å²) in [6.45, 7) is 4.99. The van der Waals surface area contributed by atoms with E-state index < -0.39 is 0 Å². The number of hydrogen-bond acceptors (Lipinski definition) is 1. The molecule has 0 aliphatic carbocycles. The Hall–Kier alpha value is -1.87. The lowest BCUT2D eigenvalue weighted by Gasteiger charge is -2.11.